The first-order valence-electron chi connectivity index (χ1n) is 8.29. The molecule has 2 aromatic rings. The number of halogens is 1. The zero-order chi connectivity index (χ0) is 18.0. The molecule has 0 bridgehead atoms. The first-order chi connectivity index (χ1) is 12.0. The van der Waals surface area contributed by atoms with E-state index in [9.17, 15) is 9.18 Å². The van der Waals surface area contributed by atoms with E-state index in [1.807, 2.05) is 6.92 Å². The first kappa shape index (κ1) is 17.4. The Balaban J connectivity index is 1.82. The second-order valence-electron chi connectivity index (χ2n) is 6.24. The molecule has 0 aliphatic carbocycles. The molecule has 0 unspecified atom stereocenters. The molecule has 0 spiro atoms. The Hall–Kier alpha value is -2.41. The van der Waals surface area contributed by atoms with Gasteiger partial charge < -0.3 is 14.5 Å². The van der Waals surface area contributed by atoms with Gasteiger partial charge in [0.1, 0.15) is 17.3 Å². The Morgan fingerprint density at radius 2 is 2.28 bits per heavy atom. The highest BCUT2D eigenvalue weighted by Crippen LogP contribution is 2.28. The lowest BCUT2D eigenvalue weighted by atomic mass is 10.2. The SMILES string of the molecule is COc1ccc(-c2nc(CN3CCC(=O)NC[C@@H]3C)c(C)o2)c(F)c1. The quantitative estimate of drug-likeness (QED) is 0.920. The van der Waals surface area contributed by atoms with Gasteiger partial charge in [-0.15, -0.1) is 0 Å². The summed E-state index contributed by atoms with van der Waals surface area (Å²) < 4.78 is 24.9. The van der Waals surface area contributed by atoms with Gasteiger partial charge >= 0.3 is 0 Å². The zero-order valence-corrected chi connectivity index (χ0v) is 14.6. The van der Waals surface area contributed by atoms with Gasteiger partial charge in [-0.1, -0.05) is 0 Å². The predicted octanol–water partition coefficient (Wildman–Crippen LogP) is 2.51. The highest BCUT2D eigenvalue weighted by molar-refractivity contribution is 5.76. The minimum atomic E-state index is -0.440. The second-order valence-corrected chi connectivity index (χ2v) is 6.24. The van der Waals surface area contributed by atoms with Gasteiger partial charge in [-0.2, -0.15) is 0 Å². The van der Waals surface area contributed by atoms with E-state index >= 15 is 0 Å². The monoisotopic (exact) mass is 347 g/mol. The van der Waals surface area contributed by atoms with Gasteiger partial charge in [0.15, 0.2) is 0 Å². The number of hydrogen-bond acceptors (Lipinski definition) is 5. The molecule has 0 radical (unpaired) electrons. The molecule has 1 aliphatic heterocycles. The topological polar surface area (TPSA) is 67.6 Å². The van der Waals surface area contributed by atoms with Crippen molar-refractivity contribution in [3.63, 3.8) is 0 Å². The Morgan fingerprint density at radius 1 is 1.48 bits per heavy atom. The van der Waals surface area contributed by atoms with Crippen molar-refractivity contribution in [1.29, 1.82) is 0 Å². The number of nitrogens with zero attached hydrogens (tertiary/aromatic N) is 2. The third-order valence-electron chi connectivity index (χ3n) is 4.50. The lowest BCUT2D eigenvalue weighted by Crippen LogP contribution is -2.37. The van der Waals surface area contributed by atoms with Crippen molar-refractivity contribution in [2.45, 2.75) is 32.9 Å². The highest BCUT2D eigenvalue weighted by Gasteiger charge is 2.23. The Kier molecular flexibility index (Phi) is 5.03. The number of aryl methyl sites for hydroxylation is 1. The van der Waals surface area contributed by atoms with Crippen molar-refractivity contribution in [2.24, 2.45) is 0 Å². The minimum absolute atomic E-state index is 0.0622. The van der Waals surface area contributed by atoms with Crippen LogP contribution in [-0.2, 0) is 11.3 Å². The Morgan fingerprint density at radius 3 is 3.00 bits per heavy atom. The molecule has 3 rings (SSSR count). The molecule has 1 saturated heterocycles. The number of carbonyl (C=O) groups is 1. The summed E-state index contributed by atoms with van der Waals surface area (Å²) in [7, 11) is 1.49. The van der Waals surface area contributed by atoms with Crippen molar-refractivity contribution >= 4 is 5.91 Å². The third kappa shape index (κ3) is 3.82. The number of methoxy groups -OCH3 is 1. The van der Waals surface area contributed by atoms with Gasteiger partial charge in [0.2, 0.25) is 11.8 Å². The summed E-state index contributed by atoms with van der Waals surface area (Å²) in [6, 6.07) is 4.78. The van der Waals surface area contributed by atoms with E-state index in [0.29, 0.717) is 43.1 Å². The predicted molar refractivity (Wildman–Crippen MR) is 90.7 cm³/mol. The molecule has 134 valence electrons. The van der Waals surface area contributed by atoms with Crippen LogP contribution in [-0.4, -0.2) is 42.0 Å². The maximum Gasteiger partial charge on any atom is 0.229 e. The van der Waals surface area contributed by atoms with Crippen LogP contribution in [0.3, 0.4) is 0 Å². The molecule has 1 fully saturated rings. The zero-order valence-electron chi connectivity index (χ0n) is 14.6. The largest absolute Gasteiger partial charge is 0.497 e. The fraction of sp³-hybridized carbons (Fsp3) is 0.444. The van der Waals surface area contributed by atoms with Crippen molar-refractivity contribution in [2.75, 3.05) is 20.2 Å². The molecule has 1 aliphatic rings. The van der Waals surface area contributed by atoms with Gasteiger partial charge in [0, 0.05) is 38.2 Å². The van der Waals surface area contributed by atoms with Gasteiger partial charge in [-0.25, -0.2) is 9.37 Å². The van der Waals surface area contributed by atoms with Crippen molar-refractivity contribution in [3.05, 3.63) is 35.5 Å². The van der Waals surface area contributed by atoms with Crippen molar-refractivity contribution in [1.82, 2.24) is 15.2 Å². The molecular formula is C18H22FN3O3. The fourth-order valence-corrected chi connectivity index (χ4v) is 2.86. The molecule has 25 heavy (non-hydrogen) atoms. The summed E-state index contributed by atoms with van der Waals surface area (Å²) in [5.41, 5.74) is 1.06. The third-order valence-corrected chi connectivity index (χ3v) is 4.50. The number of ether oxygens (including phenoxy) is 1. The van der Waals surface area contributed by atoms with Gasteiger partial charge in [0.25, 0.3) is 0 Å². The number of oxazole rings is 1. The van der Waals surface area contributed by atoms with E-state index in [1.165, 1.54) is 13.2 Å². The van der Waals surface area contributed by atoms with E-state index in [-0.39, 0.29) is 17.8 Å². The molecule has 1 aromatic heterocycles. The summed E-state index contributed by atoms with van der Waals surface area (Å²) in [5.74, 6) is 0.975. The van der Waals surface area contributed by atoms with E-state index in [0.717, 1.165) is 5.69 Å². The maximum atomic E-state index is 14.2. The molecule has 1 atom stereocenters. The molecule has 1 N–H and O–H groups in total. The molecule has 6 nitrogen and oxygen atoms in total. The summed E-state index contributed by atoms with van der Waals surface area (Å²) >= 11 is 0. The van der Waals surface area contributed by atoms with Crippen molar-refractivity contribution in [3.8, 4) is 17.2 Å². The molecule has 2 heterocycles. The normalized spacial score (nSPS) is 18.7. The lowest BCUT2D eigenvalue weighted by molar-refractivity contribution is -0.120. The standard InChI is InChI=1S/C18H22FN3O3/c1-11-9-20-17(23)6-7-22(11)10-16-12(2)25-18(21-16)14-5-4-13(24-3)8-15(14)19/h4-5,8,11H,6-7,9-10H2,1-3H3,(H,20,23)/t11-/m0/s1. The van der Waals surface area contributed by atoms with Crippen LogP contribution in [0.1, 0.15) is 24.8 Å². The molecule has 1 amide bonds. The van der Waals surface area contributed by atoms with E-state index < -0.39 is 5.82 Å². The van der Waals surface area contributed by atoms with Gasteiger partial charge in [-0.05, 0) is 26.0 Å². The van der Waals surface area contributed by atoms with Crippen LogP contribution in [0.15, 0.2) is 22.6 Å². The second kappa shape index (κ2) is 7.23. The number of rotatable bonds is 4. The van der Waals surface area contributed by atoms with E-state index in [4.69, 9.17) is 9.15 Å². The number of benzene rings is 1. The summed E-state index contributed by atoms with van der Waals surface area (Å²) in [4.78, 5) is 18.2. The number of carbonyl (C=O) groups excluding carboxylic acids is 1. The lowest BCUT2D eigenvalue weighted by Gasteiger charge is -2.25. The minimum Gasteiger partial charge on any atom is -0.497 e. The van der Waals surface area contributed by atoms with Crippen LogP contribution in [0.4, 0.5) is 4.39 Å². The maximum absolute atomic E-state index is 14.2. The van der Waals surface area contributed by atoms with Crippen LogP contribution >= 0.6 is 0 Å². The first-order valence-corrected chi connectivity index (χ1v) is 8.29. The Labute approximate surface area is 146 Å². The molecular weight excluding hydrogens is 325 g/mol. The number of hydrogen-bond donors (Lipinski definition) is 1. The van der Waals surface area contributed by atoms with Crippen molar-refractivity contribution < 1.29 is 18.3 Å². The van der Waals surface area contributed by atoms with Crippen LogP contribution in [0.5, 0.6) is 5.75 Å². The van der Waals surface area contributed by atoms with Crippen LogP contribution in [0, 0.1) is 12.7 Å². The van der Waals surface area contributed by atoms with Crippen LogP contribution in [0.25, 0.3) is 11.5 Å². The molecule has 1 aromatic carbocycles. The van der Waals surface area contributed by atoms with Gasteiger partial charge in [0.05, 0.1) is 18.4 Å². The highest BCUT2D eigenvalue weighted by atomic mass is 19.1. The van der Waals surface area contributed by atoms with Crippen LogP contribution < -0.4 is 10.1 Å². The van der Waals surface area contributed by atoms with E-state index in [2.05, 4.69) is 22.1 Å². The molecule has 7 heteroatoms. The smallest absolute Gasteiger partial charge is 0.229 e. The fourth-order valence-electron chi connectivity index (χ4n) is 2.86. The number of nitrogens with one attached hydrogen (secondary N) is 1. The van der Waals surface area contributed by atoms with Gasteiger partial charge in [-0.3, -0.25) is 9.69 Å². The molecule has 0 saturated carbocycles. The summed E-state index contributed by atoms with van der Waals surface area (Å²) in [6.45, 7) is 5.70. The average Bonchev–Trinajstić information content (AvgIpc) is 2.87. The van der Waals surface area contributed by atoms with E-state index in [1.54, 1.807) is 12.1 Å². The van der Waals surface area contributed by atoms with Crippen LogP contribution in [0.2, 0.25) is 0 Å². The number of aromatic nitrogens is 1. The number of amides is 1. The summed E-state index contributed by atoms with van der Waals surface area (Å²) in [6.07, 6.45) is 0.460. The Bertz CT molecular complexity index is 775. The average molecular weight is 347 g/mol. The summed E-state index contributed by atoms with van der Waals surface area (Å²) in [5, 5.41) is 2.89.